The van der Waals surface area contributed by atoms with E-state index in [1.54, 1.807) is 6.33 Å². The normalized spacial score (nSPS) is 20.1. The molecule has 2 rings (SSSR count). The van der Waals surface area contributed by atoms with E-state index >= 15 is 0 Å². The summed E-state index contributed by atoms with van der Waals surface area (Å²) in [6, 6.07) is 0.429. The minimum absolute atomic E-state index is 0.0776. The van der Waals surface area contributed by atoms with E-state index in [9.17, 15) is 4.79 Å². The summed E-state index contributed by atoms with van der Waals surface area (Å²) in [6.45, 7) is 6.90. The zero-order chi connectivity index (χ0) is 13.0. The number of nitrogens with one attached hydrogen (secondary N) is 2. The molecule has 1 fully saturated rings. The number of carbonyl (C=O) groups excluding carboxylic acids is 1. The second-order valence-electron chi connectivity index (χ2n) is 5.31. The molecule has 0 spiro atoms. The predicted molar refractivity (Wildman–Crippen MR) is 70.5 cm³/mol. The van der Waals surface area contributed by atoms with Crippen molar-refractivity contribution in [2.45, 2.75) is 32.7 Å². The molecule has 1 aromatic rings. The standard InChI is InChI=1S/C13H22N4O/c1-10(2)6-15-13(18)12-8-17(9-16-12)11-4-3-5-14-7-11/h8-11,14H,3-7H2,1-2H3,(H,15,18). The van der Waals surface area contributed by atoms with Crippen molar-refractivity contribution in [1.29, 1.82) is 0 Å². The minimum atomic E-state index is -0.0776. The van der Waals surface area contributed by atoms with E-state index in [0.29, 0.717) is 24.2 Å². The van der Waals surface area contributed by atoms with Crippen LogP contribution in [-0.2, 0) is 0 Å². The van der Waals surface area contributed by atoms with Gasteiger partial charge in [0.15, 0.2) is 0 Å². The third kappa shape index (κ3) is 3.32. The topological polar surface area (TPSA) is 59.0 Å². The summed E-state index contributed by atoms with van der Waals surface area (Å²) < 4.78 is 2.05. The number of hydrogen-bond donors (Lipinski definition) is 2. The Morgan fingerprint density at radius 2 is 2.50 bits per heavy atom. The SMILES string of the molecule is CC(C)CNC(=O)c1cn(C2CCCNC2)cn1. The van der Waals surface area contributed by atoms with Gasteiger partial charge in [-0.05, 0) is 25.3 Å². The number of rotatable bonds is 4. The largest absolute Gasteiger partial charge is 0.350 e. The maximum absolute atomic E-state index is 11.8. The molecule has 1 aliphatic heterocycles. The minimum Gasteiger partial charge on any atom is -0.350 e. The summed E-state index contributed by atoms with van der Waals surface area (Å²) in [6.07, 6.45) is 5.95. The number of piperidine rings is 1. The van der Waals surface area contributed by atoms with E-state index in [1.165, 1.54) is 6.42 Å². The van der Waals surface area contributed by atoms with Crippen LogP contribution in [0.5, 0.6) is 0 Å². The molecule has 1 amide bonds. The number of amides is 1. The first kappa shape index (κ1) is 13.1. The van der Waals surface area contributed by atoms with Crippen LogP contribution < -0.4 is 10.6 Å². The van der Waals surface area contributed by atoms with Gasteiger partial charge in [0.1, 0.15) is 5.69 Å². The maximum atomic E-state index is 11.8. The van der Waals surface area contributed by atoms with Crippen molar-refractivity contribution in [3.8, 4) is 0 Å². The summed E-state index contributed by atoms with van der Waals surface area (Å²) in [5.41, 5.74) is 0.515. The van der Waals surface area contributed by atoms with Crippen LogP contribution in [0, 0.1) is 5.92 Å². The fourth-order valence-electron chi connectivity index (χ4n) is 2.13. The van der Waals surface area contributed by atoms with Crippen LogP contribution in [0.1, 0.15) is 43.2 Å². The third-order valence-corrected chi connectivity index (χ3v) is 3.20. The fraction of sp³-hybridized carbons (Fsp3) is 0.692. The molecule has 1 saturated heterocycles. The lowest BCUT2D eigenvalue weighted by Crippen LogP contribution is -2.31. The smallest absolute Gasteiger partial charge is 0.271 e. The lowest BCUT2D eigenvalue weighted by atomic mass is 10.1. The summed E-state index contributed by atoms with van der Waals surface area (Å²) >= 11 is 0. The third-order valence-electron chi connectivity index (χ3n) is 3.20. The Morgan fingerprint density at radius 1 is 1.67 bits per heavy atom. The number of nitrogens with zero attached hydrogens (tertiary/aromatic N) is 2. The quantitative estimate of drug-likeness (QED) is 0.844. The maximum Gasteiger partial charge on any atom is 0.271 e. The molecular formula is C13H22N4O. The van der Waals surface area contributed by atoms with Gasteiger partial charge in [0.05, 0.1) is 6.33 Å². The molecule has 0 radical (unpaired) electrons. The van der Waals surface area contributed by atoms with E-state index in [1.807, 2.05) is 6.20 Å². The zero-order valence-electron chi connectivity index (χ0n) is 11.1. The molecule has 2 heterocycles. The van der Waals surface area contributed by atoms with Crippen molar-refractivity contribution >= 4 is 5.91 Å². The Kier molecular flexibility index (Phi) is 4.36. The molecule has 0 bridgehead atoms. The Balaban J connectivity index is 1.94. The van der Waals surface area contributed by atoms with Gasteiger partial charge in [0.25, 0.3) is 5.91 Å². The van der Waals surface area contributed by atoms with Crippen molar-refractivity contribution in [3.63, 3.8) is 0 Å². The lowest BCUT2D eigenvalue weighted by Gasteiger charge is -2.23. The summed E-state index contributed by atoms with van der Waals surface area (Å²) in [5, 5.41) is 6.25. The van der Waals surface area contributed by atoms with Crippen molar-refractivity contribution in [3.05, 3.63) is 18.2 Å². The van der Waals surface area contributed by atoms with Gasteiger partial charge in [-0.3, -0.25) is 4.79 Å². The van der Waals surface area contributed by atoms with Gasteiger partial charge in [-0.2, -0.15) is 0 Å². The fourth-order valence-corrected chi connectivity index (χ4v) is 2.13. The molecular weight excluding hydrogens is 228 g/mol. The van der Waals surface area contributed by atoms with Crippen molar-refractivity contribution in [1.82, 2.24) is 20.2 Å². The van der Waals surface area contributed by atoms with Crippen LogP contribution in [0.2, 0.25) is 0 Å². The molecule has 5 heteroatoms. The van der Waals surface area contributed by atoms with Crippen molar-refractivity contribution in [2.75, 3.05) is 19.6 Å². The van der Waals surface area contributed by atoms with Gasteiger partial charge >= 0.3 is 0 Å². The average molecular weight is 250 g/mol. The van der Waals surface area contributed by atoms with E-state index < -0.39 is 0 Å². The first-order chi connectivity index (χ1) is 8.66. The highest BCUT2D eigenvalue weighted by molar-refractivity contribution is 5.91. The molecule has 5 nitrogen and oxygen atoms in total. The lowest BCUT2D eigenvalue weighted by molar-refractivity contribution is 0.0944. The number of carbonyl (C=O) groups is 1. The molecule has 0 aliphatic carbocycles. The Morgan fingerprint density at radius 3 is 3.17 bits per heavy atom. The van der Waals surface area contributed by atoms with Crippen LogP contribution in [0.25, 0.3) is 0 Å². The molecule has 100 valence electrons. The van der Waals surface area contributed by atoms with Crippen LogP contribution in [0.4, 0.5) is 0 Å². The van der Waals surface area contributed by atoms with E-state index in [-0.39, 0.29) is 5.91 Å². The highest BCUT2D eigenvalue weighted by atomic mass is 16.1. The van der Waals surface area contributed by atoms with E-state index in [4.69, 9.17) is 0 Å². The summed E-state index contributed by atoms with van der Waals surface area (Å²) in [7, 11) is 0. The Bertz CT molecular complexity index is 393. The summed E-state index contributed by atoms with van der Waals surface area (Å²) in [5.74, 6) is 0.379. The first-order valence-corrected chi connectivity index (χ1v) is 6.69. The molecule has 2 N–H and O–H groups in total. The van der Waals surface area contributed by atoms with Gasteiger partial charge in [0, 0.05) is 25.3 Å². The van der Waals surface area contributed by atoms with Gasteiger partial charge in [-0.15, -0.1) is 0 Å². The molecule has 0 saturated carbocycles. The van der Waals surface area contributed by atoms with Crippen LogP contribution in [-0.4, -0.2) is 35.1 Å². The molecule has 1 aromatic heterocycles. The van der Waals surface area contributed by atoms with Crippen molar-refractivity contribution in [2.24, 2.45) is 5.92 Å². The molecule has 1 unspecified atom stereocenters. The Hall–Kier alpha value is -1.36. The van der Waals surface area contributed by atoms with Gasteiger partial charge in [-0.25, -0.2) is 4.98 Å². The average Bonchev–Trinajstić information content (AvgIpc) is 2.86. The summed E-state index contributed by atoms with van der Waals surface area (Å²) in [4.78, 5) is 16.0. The van der Waals surface area contributed by atoms with Crippen LogP contribution >= 0.6 is 0 Å². The Labute approximate surface area is 108 Å². The molecule has 1 aliphatic rings. The van der Waals surface area contributed by atoms with Crippen LogP contribution in [0.15, 0.2) is 12.5 Å². The predicted octanol–water partition coefficient (Wildman–Crippen LogP) is 1.19. The first-order valence-electron chi connectivity index (χ1n) is 6.69. The zero-order valence-corrected chi connectivity index (χ0v) is 11.1. The van der Waals surface area contributed by atoms with Crippen molar-refractivity contribution < 1.29 is 4.79 Å². The van der Waals surface area contributed by atoms with E-state index in [2.05, 4.69) is 34.0 Å². The second-order valence-corrected chi connectivity index (χ2v) is 5.31. The van der Waals surface area contributed by atoms with Gasteiger partial charge in [-0.1, -0.05) is 13.8 Å². The highest BCUT2D eigenvalue weighted by Gasteiger charge is 2.17. The monoisotopic (exact) mass is 250 g/mol. The molecule has 1 atom stereocenters. The number of imidazole rings is 1. The number of aromatic nitrogens is 2. The van der Waals surface area contributed by atoms with Gasteiger partial charge in [0.2, 0.25) is 0 Å². The van der Waals surface area contributed by atoms with Crippen LogP contribution in [0.3, 0.4) is 0 Å². The number of hydrogen-bond acceptors (Lipinski definition) is 3. The van der Waals surface area contributed by atoms with E-state index in [0.717, 1.165) is 19.5 Å². The molecule has 0 aromatic carbocycles. The second kappa shape index (κ2) is 6.00. The molecule has 18 heavy (non-hydrogen) atoms. The van der Waals surface area contributed by atoms with Gasteiger partial charge < -0.3 is 15.2 Å². The highest BCUT2D eigenvalue weighted by Crippen LogP contribution is 2.16.